The smallest absolute Gasteiger partial charge is 0.272 e. The molecule has 2 rings (SSSR count). The zero-order valence-electron chi connectivity index (χ0n) is 11.8. The van der Waals surface area contributed by atoms with Crippen LogP contribution in [0.15, 0.2) is 22.8 Å². The highest BCUT2D eigenvalue weighted by Crippen LogP contribution is 2.19. The van der Waals surface area contributed by atoms with Crippen molar-refractivity contribution in [2.24, 2.45) is 0 Å². The quantitative estimate of drug-likeness (QED) is 0.806. The number of hydrogen-bond acceptors (Lipinski definition) is 4. The molecule has 0 radical (unpaired) electrons. The van der Waals surface area contributed by atoms with Gasteiger partial charge >= 0.3 is 0 Å². The lowest BCUT2D eigenvalue weighted by Crippen LogP contribution is -2.49. The van der Waals surface area contributed by atoms with Gasteiger partial charge in [-0.15, -0.1) is 0 Å². The van der Waals surface area contributed by atoms with Crippen LogP contribution in [0.1, 0.15) is 29.8 Å². The summed E-state index contributed by atoms with van der Waals surface area (Å²) in [4.78, 5) is 18.4. The average molecular weight is 376 g/mol. The fraction of sp³-hybridized carbons (Fsp3) is 0.538. The zero-order chi connectivity index (χ0) is 15.5. The molecule has 0 bridgehead atoms. The van der Waals surface area contributed by atoms with Gasteiger partial charge in [-0.3, -0.25) is 4.79 Å². The highest BCUT2D eigenvalue weighted by Gasteiger charge is 2.28. The molecule has 0 aromatic carbocycles. The third-order valence-corrected chi connectivity index (χ3v) is 4.54. The summed E-state index contributed by atoms with van der Waals surface area (Å²) in [7, 11) is -3.26. The summed E-state index contributed by atoms with van der Waals surface area (Å²) in [5, 5.41) is 0. The van der Waals surface area contributed by atoms with Crippen molar-refractivity contribution in [1.82, 2.24) is 14.6 Å². The average Bonchev–Trinajstić information content (AvgIpc) is 2.44. The predicted molar refractivity (Wildman–Crippen MR) is 83.5 cm³/mol. The number of aromatic nitrogens is 1. The summed E-state index contributed by atoms with van der Waals surface area (Å²) in [5.41, 5.74) is 0.371. The third-order valence-electron chi connectivity index (χ3n) is 3.40. The Balaban J connectivity index is 2.12. The minimum Gasteiger partial charge on any atom is -0.333 e. The molecule has 1 saturated heterocycles. The van der Waals surface area contributed by atoms with Crippen molar-refractivity contribution in [1.29, 1.82) is 0 Å². The van der Waals surface area contributed by atoms with E-state index < -0.39 is 10.0 Å². The predicted octanol–water partition coefficient (Wildman–Crippen LogP) is 1.39. The number of rotatable bonds is 4. The lowest BCUT2D eigenvalue weighted by molar-refractivity contribution is 0.0612. The Kier molecular flexibility index (Phi) is 5.34. The summed E-state index contributed by atoms with van der Waals surface area (Å²) < 4.78 is 25.6. The van der Waals surface area contributed by atoms with Crippen LogP contribution in [0, 0.1) is 0 Å². The maximum atomic E-state index is 12.6. The van der Waals surface area contributed by atoms with Crippen LogP contribution in [0.4, 0.5) is 0 Å². The first-order chi connectivity index (χ1) is 9.87. The number of halogens is 1. The molecule has 1 atom stereocenters. The van der Waals surface area contributed by atoms with Gasteiger partial charge in [-0.25, -0.2) is 18.1 Å². The second-order valence-corrected chi connectivity index (χ2v) is 7.76. The van der Waals surface area contributed by atoms with E-state index in [1.807, 2.05) is 0 Å². The molecule has 1 amide bonds. The van der Waals surface area contributed by atoms with E-state index in [1.165, 1.54) is 0 Å². The van der Waals surface area contributed by atoms with Crippen LogP contribution >= 0.6 is 15.9 Å². The van der Waals surface area contributed by atoms with Gasteiger partial charge in [-0.2, -0.15) is 0 Å². The molecule has 1 fully saturated rings. The molecule has 0 saturated carbocycles. The first kappa shape index (κ1) is 16.4. The number of amides is 1. The number of piperidine rings is 1. The van der Waals surface area contributed by atoms with E-state index in [-0.39, 0.29) is 18.5 Å². The van der Waals surface area contributed by atoms with Crippen LogP contribution in [0.3, 0.4) is 0 Å². The van der Waals surface area contributed by atoms with Crippen molar-refractivity contribution < 1.29 is 13.2 Å². The van der Waals surface area contributed by atoms with E-state index in [0.717, 1.165) is 25.5 Å². The Morgan fingerprint density at radius 2 is 2.24 bits per heavy atom. The molecule has 0 aliphatic carbocycles. The second-order valence-electron chi connectivity index (χ2n) is 5.11. The van der Waals surface area contributed by atoms with E-state index >= 15 is 0 Å². The van der Waals surface area contributed by atoms with E-state index in [2.05, 4.69) is 25.6 Å². The molecule has 1 aliphatic heterocycles. The highest BCUT2D eigenvalue weighted by atomic mass is 79.9. The molecule has 0 spiro atoms. The van der Waals surface area contributed by atoms with Gasteiger partial charge < -0.3 is 4.90 Å². The number of sulfonamides is 1. The van der Waals surface area contributed by atoms with Crippen LogP contribution in [0.25, 0.3) is 0 Å². The summed E-state index contributed by atoms with van der Waals surface area (Å²) >= 11 is 3.25. The van der Waals surface area contributed by atoms with Crippen molar-refractivity contribution in [3.05, 3.63) is 28.5 Å². The number of carbonyl (C=O) groups excluding carboxylic acids is 1. The molecule has 1 aliphatic rings. The molecule has 1 N–H and O–H groups in total. The van der Waals surface area contributed by atoms with Crippen molar-refractivity contribution in [3.8, 4) is 0 Å². The number of nitrogens with zero attached hydrogens (tertiary/aromatic N) is 2. The third kappa shape index (κ3) is 4.76. The van der Waals surface area contributed by atoms with Crippen LogP contribution in [-0.4, -0.2) is 49.6 Å². The van der Waals surface area contributed by atoms with Gasteiger partial charge in [0.05, 0.1) is 6.26 Å². The van der Waals surface area contributed by atoms with E-state index in [1.54, 1.807) is 23.1 Å². The SMILES string of the molecule is CS(=O)(=O)NCC1CCCCN1C(=O)c1cccc(Br)n1. The van der Waals surface area contributed by atoms with E-state index in [4.69, 9.17) is 0 Å². The van der Waals surface area contributed by atoms with Gasteiger partial charge in [-0.1, -0.05) is 6.07 Å². The largest absolute Gasteiger partial charge is 0.333 e. The maximum Gasteiger partial charge on any atom is 0.272 e. The first-order valence-corrected chi connectivity index (χ1v) is 9.43. The summed E-state index contributed by atoms with van der Waals surface area (Å²) in [6, 6.07) is 5.07. The van der Waals surface area contributed by atoms with E-state index in [9.17, 15) is 13.2 Å². The fourth-order valence-electron chi connectivity index (χ4n) is 2.40. The minimum atomic E-state index is -3.26. The van der Waals surface area contributed by atoms with Crippen molar-refractivity contribution in [2.45, 2.75) is 25.3 Å². The fourth-order valence-corrected chi connectivity index (χ4v) is 3.24. The second kappa shape index (κ2) is 6.85. The summed E-state index contributed by atoms with van der Waals surface area (Å²) in [6.07, 6.45) is 3.83. The van der Waals surface area contributed by atoms with Crippen molar-refractivity contribution >= 4 is 31.9 Å². The standard InChI is InChI=1S/C13H18BrN3O3S/c1-21(19,20)15-9-10-5-2-3-8-17(10)13(18)11-6-4-7-12(14)16-11/h4,6-7,10,15H,2-3,5,8-9H2,1H3. The normalized spacial score (nSPS) is 19.5. The molecule has 1 aromatic heterocycles. The van der Waals surface area contributed by atoms with Gasteiger partial charge in [0.2, 0.25) is 10.0 Å². The minimum absolute atomic E-state index is 0.123. The number of carbonyl (C=O) groups is 1. The number of likely N-dealkylation sites (tertiary alicyclic amines) is 1. The molecule has 1 aromatic rings. The topological polar surface area (TPSA) is 79.4 Å². The molecule has 8 heteroatoms. The lowest BCUT2D eigenvalue weighted by atomic mass is 10.0. The van der Waals surface area contributed by atoms with Gasteiger partial charge in [0.15, 0.2) is 0 Å². The molecule has 2 heterocycles. The molecule has 21 heavy (non-hydrogen) atoms. The molecule has 6 nitrogen and oxygen atoms in total. The van der Waals surface area contributed by atoms with Crippen molar-refractivity contribution in [2.75, 3.05) is 19.3 Å². The highest BCUT2D eigenvalue weighted by molar-refractivity contribution is 9.10. The van der Waals surface area contributed by atoms with E-state index in [0.29, 0.717) is 16.8 Å². The Hall–Kier alpha value is -0.990. The van der Waals surface area contributed by atoms with Gasteiger partial charge in [-0.05, 0) is 47.3 Å². The van der Waals surface area contributed by atoms with Crippen LogP contribution in [-0.2, 0) is 10.0 Å². The molecular formula is C13H18BrN3O3S. The first-order valence-electron chi connectivity index (χ1n) is 6.75. The number of hydrogen-bond donors (Lipinski definition) is 1. The maximum absolute atomic E-state index is 12.6. The van der Waals surface area contributed by atoms with Crippen molar-refractivity contribution in [3.63, 3.8) is 0 Å². The Labute approximate surface area is 133 Å². The lowest BCUT2D eigenvalue weighted by Gasteiger charge is -2.35. The van der Waals surface area contributed by atoms with Gasteiger partial charge in [0.1, 0.15) is 10.3 Å². The number of pyridine rings is 1. The van der Waals surface area contributed by atoms with Gasteiger partial charge in [0.25, 0.3) is 5.91 Å². The Morgan fingerprint density at radius 1 is 1.48 bits per heavy atom. The van der Waals surface area contributed by atoms with Gasteiger partial charge in [0, 0.05) is 19.1 Å². The summed E-state index contributed by atoms with van der Waals surface area (Å²) in [5.74, 6) is -0.156. The van der Waals surface area contributed by atoms with Crippen LogP contribution < -0.4 is 4.72 Å². The molecule has 116 valence electrons. The zero-order valence-corrected chi connectivity index (χ0v) is 14.2. The molecule has 1 unspecified atom stereocenters. The monoisotopic (exact) mass is 375 g/mol. The Morgan fingerprint density at radius 3 is 2.90 bits per heavy atom. The summed E-state index contributed by atoms with van der Waals surface area (Å²) in [6.45, 7) is 0.877. The molecular weight excluding hydrogens is 358 g/mol. The Bertz CT molecular complexity index is 621. The van der Waals surface area contributed by atoms with Crippen LogP contribution in [0.2, 0.25) is 0 Å². The van der Waals surface area contributed by atoms with Crippen LogP contribution in [0.5, 0.6) is 0 Å². The number of nitrogens with one attached hydrogen (secondary N) is 1.